The van der Waals surface area contributed by atoms with E-state index in [-0.39, 0.29) is 24.5 Å². The second-order valence-electron chi connectivity index (χ2n) is 3.56. The lowest BCUT2D eigenvalue weighted by Gasteiger charge is -2.12. The first-order valence-electron chi connectivity index (χ1n) is 5.45. The summed E-state index contributed by atoms with van der Waals surface area (Å²) >= 11 is 5.55. The van der Waals surface area contributed by atoms with E-state index in [2.05, 4.69) is 9.47 Å². The molecule has 0 radical (unpaired) electrons. The first-order valence-corrected chi connectivity index (χ1v) is 5.99. The second-order valence-corrected chi connectivity index (χ2v) is 3.83. The summed E-state index contributed by atoms with van der Waals surface area (Å²) in [5, 5.41) is 0. The minimum absolute atomic E-state index is 0.0122. The van der Waals surface area contributed by atoms with Gasteiger partial charge < -0.3 is 9.47 Å². The normalized spacial score (nSPS) is 10.6. The Kier molecular flexibility index (Phi) is 5.95. The van der Waals surface area contributed by atoms with Crippen molar-refractivity contribution in [2.75, 3.05) is 6.61 Å². The van der Waals surface area contributed by atoms with Crippen LogP contribution in [0.5, 0.6) is 5.75 Å². The molecule has 0 aromatic heterocycles. The molecule has 0 fully saturated rings. The van der Waals surface area contributed by atoms with E-state index in [0.717, 1.165) is 6.07 Å². The van der Waals surface area contributed by atoms with E-state index in [0.29, 0.717) is 5.56 Å². The van der Waals surface area contributed by atoms with Gasteiger partial charge in [-0.3, -0.25) is 4.79 Å². The molecule has 0 spiro atoms. The highest BCUT2D eigenvalue weighted by molar-refractivity contribution is 6.17. The van der Waals surface area contributed by atoms with Crippen molar-refractivity contribution in [3.05, 3.63) is 29.1 Å². The smallest absolute Gasteiger partial charge is 0.387 e. The molecule has 0 saturated carbocycles. The van der Waals surface area contributed by atoms with Gasteiger partial charge in [-0.15, -0.1) is 11.6 Å². The fourth-order valence-electron chi connectivity index (χ4n) is 1.51. The van der Waals surface area contributed by atoms with Crippen molar-refractivity contribution in [1.82, 2.24) is 0 Å². The minimum atomic E-state index is -3.18. The Balaban J connectivity index is 3.08. The van der Waals surface area contributed by atoms with Crippen LogP contribution in [0.1, 0.15) is 18.1 Å². The molecule has 0 N–H and O–H groups in total. The number of carbonyl (C=O) groups excluding carboxylic acids is 1. The molecule has 19 heavy (non-hydrogen) atoms. The number of benzene rings is 1. The van der Waals surface area contributed by atoms with Gasteiger partial charge in [0.25, 0.3) is 0 Å². The molecule has 0 aliphatic heterocycles. The minimum Gasteiger partial charge on any atom is -0.466 e. The zero-order chi connectivity index (χ0) is 14.4. The number of esters is 1. The Morgan fingerprint density at radius 3 is 2.63 bits per heavy atom. The largest absolute Gasteiger partial charge is 0.466 e. The molecule has 0 saturated heterocycles. The third-order valence-electron chi connectivity index (χ3n) is 2.18. The van der Waals surface area contributed by atoms with Gasteiger partial charge in [0.1, 0.15) is 0 Å². The zero-order valence-corrected chi connectivity index (χ0v) is 10.8. The SMILES string of the molecule is CCOC(=O)Cc1cc(CCl)cc(F)c1OC(F)F. The monoisotopic (exact) mass is 296 g/mol. The van der Waals surface area contributed by atoms with Crippen LogP contribution in [0.2, 0.25) is 0 Å². The van der Waals surface area contributed by atoms with Crippen LogP contribution < -0.4 is 4.74 Å². The molecule has 0 amide bonds. The highest BCUT2D eigenvalue weighted by atomic mass is 35.5. The summed E-state index contributed by atoms with van der Waals surface area (Å²) in [5.74, 6) is -2.32. The number of ether oxygens (including phenoxy) is 2. The molecule has 1 aromatic rings. The fourth-order valence-corrected chi connectivity index (χ4v) is 1.66. The number of rotatable bonds is 6. The Labute approximate surface area is 113 Å². The van der Waals surface area contributed by atoms with Crippen molar-refractivity contribution < 1.29 is 27.4 Å². The average molecular weight is 297 g/mol. The Morgan fingerprint density at radius 2 is 2.11 bits per heavy atom. The topological polar surface area (TPSA) is 35.5 Å². The third-order valence-corrected chi connectivity index (χ3v) is 2.49. The molecule has 106 valence electrons. The molecule has 0 atom stereocenters. The highest BCUT2D eigenvalue weighted by Crippen LogP contribution is 2.28. The standard InChI is InChI=1S/C12H12ClF3O3/c1-2-18-10(17)5-8-3-7(6-13)4-9(14)11(8)19-12(15)16/h3-4,12H,2,5-6H2,1H3. The van der Waals surface area contributed by atoms with Gasteiger partial charge in [-0.05, 0) is 18.6 Å². The molecule has 0 bridgehead atoms. The van der Waals surface area contributed by atoms with Crippen molar-refractivity contribution in [3.8, 4) is 5.75 Å². The van der Waals surface area contributed by atoms with E-state index >= 15 is 0 Å². The van der Waals surface area contributed by atoms with Crippen molar-refractivity contribution in [3.63, 3.8) is 0 Å². The first kappa shape index (κ1) is 15.6. The molecular formula is C12H12ClF3O3. The van der Waals surface area contributed by atoms with Gasteiger partial charge in [-0.2, -0.15) is 8.78 Å². The maximum Gasteiger partial charge on any atom is 0.387 e. The lowest BCUT2D eigenvalue weighted by atomic mass is 10.1. The van der Waals surface area contributed by atoms with Crippen LogP contribution >= 0.6 is 11.6 Å². The lowest BCUT2D eigenvalue weighted by molar-refractivity contribution is -0.142. The van der Waals surface area contributed by atoms with E-state index in [1.165, 1.54) is 6.07 Å². The van der Waals surface area contributed by atoms with Crippen molar-refractivity contribution in [2.24, 2.45) is 0 Å². The van der Waals surface area contributed by atoms with E-state index in [9.17, 15) is 18.0 Å². The summed E-state index contributed by atoms with van der Waals surface area (Å²) in [4.78, 5) is 11.3. The average Bonchev–Trinajstić information content (AvgIpc) is 2.33. The van der Waals surface area contributed by atoms with Gasteiger partial charge in [0.2, 0.25) is 0 Å². The Morgan fingerprint density at radius 1 is 1.42 bits per heavy atom. The van der Waals surface area contributed by atoms with E-state index in [1.54, 1.807) is 6.92 Å². The van der Waals surface area contributed by atoms with E-state index < -0.39 is 24.1 Å². The predicted molar refractivity (Wildman–Crippen MR) is 62.9 cm³/mol. The van der Waals surface area contributed by atoms with Crippen LogP contribution in [0.25, 0.3) is 0 Å². The summed E-state index contributed by atoms with van der Waals surface area (Å²) in [7, 11) is 0. The second kappa shape index (κ2) is 7.23. The van der Waals surface area contributed by atoms with Crippen LogP contribution in [0.15, 0.2) is 12.1 Å². The maximum absolute atomic E-state index is 13.6. The van der Waals surface area contributed by atoms with Crippen molar-refractivity contribution in [2.45, 2.75) is 25.8 Å². The molecule has 0 unspecified atom stereocenters. The summed E-state index contributed by atoms with van der Waals surface area (Å²) in [5.41, 5.74) is 0.342. The molecule has 3 nitrogen and oxygen atoms in total. The molecule has 0 aliphatic rings. The quantitative estimate of drug-likeness (QED) is 0.597. The van der Waals surface area contributed by atoms with Gasteiger partial charge in [0.15, 0.2) is 11.6 Å². The van der Waals surface area contributed by atoms with E-state index in [1.807, 2.05) is 0 Å². The van der Waals surface area contributed by atoms with Crippen LogP contribution in [0, 0.1) is 5.82 Å². The molecule has 1 rings (SSSR count). The Hall–Kier alpha value is -1.43. The number of carbonyl (C=O) groups is 1. The van der Waals surface area contributed by atoms with Crippen LogP contribution in [0.3, 0.4) is 0 Å². The summed E-state index contributed by atoms with van der Waals surface area (Å²) in [6.45, 7) is -1.44. The maximum atomic E-state index is 13.6. The fraction of sp³-hybridized carbons (Fsp3) is 0.417. The molecule has 1 aromatic carbocycles. The first-order chi connectivity index (χ1) is 8.97. The zero-order valence-electron chi connectivity index (χ0n) is 10.1. The predicted octanol–water partition coefficient (Wildman–Crippen LogP) is 3.27. The molecular weight excluding hydrogens is 285 g/mol. The van der Waals surface area contributed by atoms with Gasteiger partial charge in [-0.25, -0.2) is 4.39 Å². The lowest BCUT2D eigenvalue weighted by Crippen LogP contribution is -2.12. The van der Waals surface area contributed by atoms with Crippen LogP contribution in [-0.2, 0) is 21.8 Å². The number of alkyl halides is 3. The molecule has 7 heteroatoms. The van der Waals surface area contributed by atoms with Gasteiger partial charge in [0, 0.05) is 11.4 Å². The number of hydrogen-bond donors (Lipinski definition) is 0. The van der Waals surface area contributed by atoms with Crippen molar-refractivity contribution >= 4 is 17.6 Å². The third kappa shape index (κ3) is 4.63. The number of halogens is 4. The van der Waals surface area contributed by atoms with Gasteiger partial charge in [-0.1, -0.05) is 6.07 Å². The summed E-state index contributed by atoms with van der Waals surface area (Å²) in [6.07, 6.45) is -0.364. The van der Waals surface area contributed by atoms with Gasteiger partial charge in [0.05, 0.1) is 13.0 Å². The highest BCUT2D eigenvalue weighted by Gasteiger charge is 2.19. The van der Waals surface area contributed by atoms with Gasteiger partial charge >= 0.3 is 12.6 Å². The van der Waals surface area contributed by atoms with E-state index in [4.69, 9.17) is 11.6 Å². The molecule has 0 heterocycles. The van der Waals surface area contributed by atoms with Crippen LogP contribution in [0.4, 0.5) is 13.2 Å². The Bertz CT molecular complexity index is 452. The summed E-state index contributed by atoms with van der Waals surface area (Å²) < 4.78 is 46.8. The number of hydrogen-bond acceptors (Lipinski definition) is 3. The van der Waals surface area contributed by atoms with Crippen LogP contribution in [-0.4, -0.2) is 19.2 Å². The molecule has 0 aliphatic carbocycles. The summed E-state index contributed by atoms with van der Waals surface area (Å²) in [6, 6.07) is 2.32. The van der Waals surface area contributed by atoms with Crippen molar-refractivity contribution in [1.29, 1.82) is 0 Å².